The first kappa shape index (κ1) is 39.9. The minimum atomic E-state index is -1.97. The molecular weight excluding hydrogens is 785 g/mol. The second kappa shape index (κ2) is 15.9. The molecule has 1 fully saturated rings. The molecule has 0 aliphatic carbocycles. The Morgan fingerprint density at radius 3 is 1.40 bits per heavy atom. The molecule has 2 aromatic heterocycles. The number of fused-ring (bicyclic) bond motifs is 8. The number of aromatic amines is 1. The smallest absolute Gasteiger partial charge is 0.238 e. The largest absolute Gasteiger partial charge is 0.354 e. The molecule has 4 aliphatic heterocycles. The van der Waals surface area contributed by atoms with E-state index in [0.29, 0.717) is 51.7 Å². The lowest BCUT2D eigenvalue weighted by atomic mass is 9.85. The highest BCUT2D eigenvalue weighted by molar-refractivity contribution is 5.97. The van der Waals surface area contributed by atoms with Crippen LogP contribution in [0.5, 0.6) is 0 Å². The van der Waals surface area contributed by atoms with Crippen molar-refractivity contribution >= 4 is 46.9 Å². The van der Waals surface area contributed by atoms with Crippen molar-refractivity contribution < 1.29 is 4.79 Å². The molecule has 4 aliphatic rings. The van der Waals surface area contributed by atoms with Gasteiger partial charge in [-0.05, 0) is 70.8 Å². The fourth-order valence-corrected chi connectivity index (χ4v) is 9.03. The molecule has 13 N–H and O–H groups in total. The summed E-state index contributed by atoms with van der Waals surface area (Å²) in [5.41, 5.74) is 36.7. The second-order valence-electron chi connectivity index (χ2n) is 16.3. The predicted molar refractivity (Wildman–Crippen MR) is 254 cm³/mol. The third kappa shape index (κ3) is 7.08. The molecule has 13 nitrogen and oxygen atoms in total. The van der Waals surface area contributed by atoms with Crippen molar-refractivity contribution in [3.05, 3.63) is 162 Å². The van der Waals surface area contributed by atoms with E-state index >= 15 is 0 Å². The van der Waals surface area contributed by atoms with Gasteiger partial charge >= 0.3 is 0 Å². The number of nitrogens with one attached hydrogen (secondary N) is 3. The number of hydrogen-bond acceptors (Lipinski definition) is 10. The predicted octanol–water partition coefficient (Wildman–Crippen LogP) is 5.92. The third-order valence-corrected chi connectivity index (χ3v) is 12.2. The van der Waals surface area contributed by atoms with Crippen molar-refractivity contribution in [3.63, 3.8) is 0 Å². The average molecular weight is 833 g/mol. The van der Waals surface area contributed by atoms with Gasteiger partial charge in [-0.2, -0.15) is 0 Å². The van der Waals surface area contributed by atoms with Crippen molar-refractivity contribution in [2.45, 2.75) is 11.3 Å². The number of nitrogen functional groups attached to an aromatic ring is 1. The number of rotatable bonds is 7. The summed E-state index contributed by atoms with van der Waals surface area (Å²) in [7, 11) is 0. The average Bonchev–Trinajstić information content (AvgIpc) is 4.11. The maximum Gasteiger partial charge on any atom is 0.238 e. The number of piperazine rings is 1. The summed E-state index contributed by atoms with van der Waals surface area (Å²) >= 11 is 0. The summed E-state index contributed by atoms with van der Waals surface area (Å²) in [4.78, 5) is 29.7. The van der Waals surface area contributed by atoms with E-state index in [1.165, 1.54) is 4.68 Å². The topological polar surface area (TPSA) is 221 Å². The number of carbonyl (C=O) groups excluding carboxylic acids is 1. The molecule has 0 atom stereocenters. The van der Waals surface area contributed by atoms with E-state index in [1.54, 1.807) is 0 Å². The fraction of sp³-hybridized carbons (Fsp3) is 0.140. The first-order chi connectivity index (χ1) is 30.6. The van der Waals surface area contributed by atoms with Crippen LogP contribution in [0.1, 0.15) is 34.2 Å². The van der Waals surface area contributed by atoms with Crippen LogP contribution >= 0.6 is 0 Å². The zero-order valence-corrected chi connectivity index (χ0v) is 34.6. The minimum Gasteiger partial charge on any atom is -0.354 e. The van der Waals surface area contributed by atoms with E-state index in [9.17, 15) is 4.79 Å². The molecule has 10 rings (SSSR count). The molecule has 4 aromatic carbocycles. The lowest BCUT2D eigenvalue weighted by Gasteiger charge is -2.35. The molecule has 6 heterocycles. The van der Waals surface area contributed by atoms with Crippen LogP contribution in [0.2, 0.25) is 0 Å². The molecule has 314 valence electrons. The SMILES string of the molecule is Nn1c2c(-c3ccccc3)c3nc(c(-c4ccccc4)c4ccc([nH]4)c(-c4ccccc4)c4nc(c(-c5ccc(NC(=O)CN6CCNCC6)cc5)c1C(N)(N)C2(N)N)C=C4)C=C3. The molecule has 0 saturated carbocycles. The summed E-state index contributed by atoms with van der Waals surface area (Å²) in [6, 6.07) is 41.6. The quantitative estimate of drug-likeness (QED) is 0.0700. The molecule has 63 heavy (non-hydrogen) atoms. The van der Waals surface area contributed by atoms with Gasteiger partial charge in [0, 0.05) is 65.2 Å². The Balaban J connectivity index is 1.31. The monoisotopic (exact) mass is 832 g/mol. The second-order valence-corrected chi connectivity index (χ2v) is 16.3. The highest BCUT2D eigenvalue weighted by atomic mass is 16.2. The molecule has 0 unspecified atom stereocenters. The first-order valence-electron chi connectivity index (χ1n) is 21.0. The zero-order valence-electron chi connectivity index (χ0n) is 34.6. The van der Waals surface area contributed by atoms with Crippen LogP contribution in [0.15, 0.2) is 127 Å². The molecule has 0 spiro atoms. The highest BCUT2D eigenvalue weighted by Gasteiger charge is 2.54. The number of aromatic nitrogens is 4. The van der Waals surface area contributed by atoms with Gasteiger partial charge in [-0.25, -0.2) is 9.97 Å². The normalized spacial score (nSPS) is 15.9. The Labute approximate surface area is 364 Å². The number of nitrogens with two attached hydrogens (primary N) is 5. The van der Waals surface area contributed by atoms with E-state index < -0.39 is 11.3 Å². The number of benzene rings is 4. The maximum atomic E-state index is 13.1. The van der Waals surface area contributed by atoms with Crippen LogP contribution in [-0.4, -0.2) is 63.2 Å². The van der Waals surface area contributed by atoms with Crippen molar-refractivity contribution in [1.29, 1.82) is 0 Å². The van der Waals surface area contributed by atoms with Crippen molar-refractivity contribution in [1.82, 2.24) is 29.8 Å². The van der Waals surface area contributed by atoms with E-state index in [0.717, 1.165) is 65.0 Å². The summed E-state index contributed by atoms with van der Waals surface area (Å²) in [5.74, 6) is 7.26. The number of carbonyl (C=O) groups is 1. The standard InChI is InChI=1S/C50H48N12O/c51-49(52)47-45(33-14-8-3-9-15-33)40-24-22-38(59-40)43(31-10-4-1-5-11-31)36-20-21-37(58-36)44(32-12-6-2-7-13-32)39-23-25-41(60-39)46(48(62(47)55)50(49,53)54)34-16-18-35(19-17-34)57-42(63)30-61-28-26-56-27-29-61/h1-25,56,58H,26-30,51-55H2,(H,57,63). The van der Waals surface area contributed by atoms with Gasteiger partial charge in [-0.15, -0.1) is 0 Å². The fourth-order valence-electron chi connectivity index (χ4n) is 9.03. The first-order valence-corrected chi connectivity index (χ1v) is 21.0. The number of nitrogens with zero attached hydrogens (tertiary/aromatic N) is 4. The number of H-pyrrole nitrogens is 1. The van der Waals surface area contributed by atoms with Gasteiger partial charge in [0.15, 0.2) is 0 Å². The van der Waals surface area contributed by atoms with Crippen LogP contribution in [0.3, 0.4) is 0 Å². The lowest BCUT2D eigenvalue weighted by Crippen LogP contribution is -2.69. The van der Waals surface area contributed by atoms with E-state index in [1.807, 2.05) is 115 Å². The lowest BCUT2D eigenvalue weighted by molar-refractivity contribution is -0.117. The molecule has 1 amide bonds. The van der Waals surface area contributed by atoms with Crippen LogP contribution in [0.25, 0.3) is 79.8 Å². The summed E-state index contributed by atoms with van der Waals surface area (Å²) in [6.45, 7) is 3.62. The van der Waals surface area contributed by atoms with Crippen LogP contribution in [-0.2, 0) is 16.1 Å². The van der Waals surface area contributed by atoms with E-state index in [2.05, 4.69) is 56.9 Å². The molecule has 6 aromatic rings. The molecule has 8 bridgehead atoms. The summed E-state index contributed by atoms with van der Waals surface area (Å²) in [5, 5.41) is 6.38. The van der Waals surface area contributed by atoms with Gasteiger partial charge in [0.05, 0.1) is 40.7 Å². The number of hydrogen-bond donors (Lipinski definition) is 8. The molecule has 0 radical (unpaired) electrons. The van der Waals surface area contributed by atoms with Crippen molar-refractivity contribution in [2.24, 2.45) is 22.9 Å². The Bertz CT molecular complexity index is 3000. The van der Waals surface area contributed by atoms with Gasteiger partial charge < -0.3 is 44.4 Å². The molecule has 1 saturated heterocycles. The zero-order chi connectivity index (χ0) is 43.3. The Morgan fingerprint density at radius 2 is 0.952 bits per heavy atom. The van der Waals surface area contributed by atoms with Crippen LogP contribution in [0.4, 0.5) is 5.69 Å². The Hall–Kier alpha value is -7.23. The number of anilines is 1. The molecule has 13 heteroatoms. The highest BCUT2D eigenvalue weighted by Crippen LogP contribution is 2.46. The van der Waals surface area contributed by atoms with Gasteiger partial charge in [-0.3, -0.25) is 14.4 Å². The summed E-state index contributed by atoms with van der Waals surface area (Å²) in [6.07, 6.45) is 7.83. The third-order valence-electron chi connectivity index (χ3n) is 12.2. The summed E-state index contributed by atoms with van der Waals surface area (Å²) < 4.78 is 1.43. The van der Waals surface area contributed by atoms with Crippen molar-refractivity contribution in [3.8, 4) is 44.5 Å². The number of amides is 1. The molecular formula is C50H48N12O. The van der Waals surface area contributed by atoms with Gasteiger partial charge in [0.25, 0.3) is 0 Å². The van der Waals surface area contributed by atoms with Crippen LogP contribution < -0.4 is 39.4 Å². The Kier molecular flexibility index (Phi) is 10.1. The van der Waals surface area contributed by atoms with E-state index in [-0.39, 0.29) is 17.3 Å². The van der Waals surface area contributed by atoms with Gasteiger partial charge in [0.1, 0.15) is 11.3 Å². The van der Waals surface area contributed by atoms with Crippen LogP contribution in [0, 0.1) is 0 Å². The van der Waals surface area contributed by atoms with Gasteiger partial charge in [-0.1, -0.05) is 103 Å². The van der Waals surface area contributed by atoms with Crippen molar-refractivity contribution in [2.75, 3.05) is 43.9 Å². The minimum absolute atomic E-state index is 0.0981. The van der Waals surface area contributed by atoms with Gasteiger partial charge in [0.2, 0.25) is 5.91 Å². The maximum absolute atomic E-state index is 13.1. The Morgan fingerprint density at radius 1 is 0.556 bits per heavy atom. The van der Waals surface area contributed by atoms with E-state index in [4.69, 9.17) is 38.7 Å².